The molecule has 18 heavy (non-hydrogen) atoms. The van der Waals surface area contributed by atoms with Crippen molar-refractivity contribution in [3.8, 4) is 0 Å². The number of nitrogens with one attached hydrogen (secondary N) is 1. The Hall–Kier alpha value is -0.0600. The summed E-state index contributed by atoms with van der Waals surface area (Å²) in [5.41, 5.74) is 6.48. The van der Waals surface area contributed by atoms with Crippen LogP contribution in [0.5, 0.6) is 0 Å². The number of hydrogen-bond donors (Lipinski definition) is 2. The van der Waals surface area contributed by atoms with E-state index >= 15 is 0 Å². The van der Waals surface area contributed by atoms with Gasteiger partial charge in [0, 0.05) is 16.6 Å². The van der Waals surface area contributed by atoms with Crippen LogP contribution in [0.4, 0.5) is 4.39 Å². The van der Waals surface area contributed by atoms with Gasteiger partial charge in [-0.15, -0.1) is 12.4 Å². The summed E-state index contributed by atoms with van der Waals surface area (Å²) in [4.78, 5) is 0. The first-order valence-electron chi connectivity index (χ1n) is 5.71. The number of halogens is 4. The van der Waals surface area contributed by atoms with Crippen molar-refractivity contribution < 1.29 is 4.39 Å². The Balaban J connectivity index is 0.00000162. The molecule has 1 fully saturated rings. The van der Waals surface area contributed by atoms with E-state index in [1.54, 1.807) is 6.07 Å². The van der Waals surface area contributed by atoms with Crippen molar-refractivity contribution in [2.24, 2.45) is 11.7 Å². The van der Waals surface area contributed by atoms with E-state index in [-0.39, 0.29) is 29.4 Å². The first-order chi connectivity index (χ1) is 8.11. The van der Waals surface area contributed by atoms with Gasteiger partial charge in [-0.3, -0.25) is 0 Å². The van der Waals surface area contributed by atoms with Crippen molar-refractivity contribution in [2.45, 2.75) is 18.9 Å². The second kappa shape index (κ2) is 6.92. The standard InChI is InChI=1S/C12H15Cl2FN2.ClH/c13-8-1-2-9(14)11(15)10(8)12(16)7-3-5-17-6-4-7;/h1-2,7,12,17H,3-6,16H2;1H/t12-;/m1./s1. The van der Waals surface area contributed by atoms with Crippen LogP contribution in [0.25, 0.3) is 0 Å². The quantitative estimate of drug-likeness (QED) is 0.819. The van der Waals surface area contributed by atoms with Crippen LogP contribution >= 0.6 is 35.6 Å². The fraction of sp³-hybridized carbons (Fsp3) is 0.500. The van der Waals surface area contributed by atoms with Crippen LogP contribution < -0.4 is 11.1 Å². The molecule has 1 atom stereocenters. The van der Waals surface area contributed by atoms with Crippen LogP contribution in [0.3, 0.4) is 0 Å². The molecular weight excluding hydrogens is 298 g/mol. The molecule has 1 aliphatic rings. The summed E-state index contributed by atoms with van der Waals surface area (Å²) >= 11 is 11.8. The third-order valence-corrected chi connectivity index (χ3v) is 3.93. The molecule has 1 saturated heterocycles. The molecule has 3 N–H and O–H groups in total. The summed E-state index contributed by atoms with van der Waals surface area (Å²) in [6.07, 6.45) is 1.87. The topological polar surface area (TPSA) is 38.0 Å². The van der Waals surface area contributed by atoms with Gasteiger partial charge in [0.1, 0.15) is 5.82 Å². The maximum atomic E-state index is 14.0. The average molecular weight is 314 g/mol. The van der Waals surface area contributed by atoms with Gasteiger partial charge in [0.15, 0.2) is 0 Å². The van der Waals surface area contributed by atoms with Gasteiger partial charge in [0.25, 0.3) is 0 Å². The molecule has 2 nitrogen and oxygen atoms in total. The Morgan fingerprint density at radius 3 is 2.39 bits per heavy atom. The minimum atomic E-state index is -0.481. The highest BCUT2D eigenvalue weighted by Crippen LogP contribution is 2.35. The highest BCUT2D eigenvalue weighted by atomic mass is 35.5. The van der Waals surface area contributed by atoms with E-state index in [9.17, 15) is 4.39 Å². The highest BCUT2D eigenvalue weighted by molar-refractivity contribution is 6.33. The summed E-state index contributed by atoms with van der Waals surface area (Å²) in [6, 6.07) is 2.67. The summed E-state index contributed by atoms with van der Waals surface area (Å²) in [5, 5.41) is 3.69. The summed E-state index contributed by atoms with van der Waals surface area (Å²) < 4.78 is 14.0. The van der Waals surface area contributed by atoms with E-state index in [1.165, 1.54) is 6.07 Å². The Labute approximate surface area is 122 Å². The summed E-state index contributed by atoms with van der Waals surface area (Å²) in [5.74, 6) is -0.230. The van der Waals surface area contributed by atoms with E-state index < -0.39 is 5.82 Å². The number of piperidine rings is 1. The Morgan fingerprint density at radius 1 is 1.22 bits per heavy atom. The van der Waals surface area contributed by atoms with Crippen molar-refractivity contribution in [3.05, 3.63) is 33.6 Å². The number of rotatable bonds is 2. The molecule has 1 aromatic rings. The fourth-order valence-corrected chi connectivity index (χ4v) is 2.72. The van der Waals surface area contributed by atoms with Gasteiger partial charge in [-0.1, -0.05) is 23.2 Å². The first-order valence-corrected chi connectivity index (χ1v) is 6.46. The Kier molecular flexibility index (Phi) is 6.15. The number of benzene rings is 1. The van der Waals surface area contributed by atoms with Crippen LogP contribution in [0.2, 0.25) is 10.0 Å². The van der Waals surface area contributed by atoms with Gasteiger partial charge in [-0.05, 0) is 44.0 Å². The monoisotopic (exact) mass is 312 g/mol. The van der Waals surface area contributed by atoms with Crippen molar-refractivity contribution in [2.75, 3.05) is 13.1 Å². The number of nitrogens with two attached hydrogens (primary N) is 1. The van der Waals surface area contributed by atoms with Gasteiger partial charge in [0.2, 0.25) is 0 Å². The summed E-state index contributed by atoms with van der Waals surface area (Å²) in [7, 11) is 0. The molecule has 0 saturated carbocycles. The van der Waals surface area contributed by atoms with Gasteiger partial charge < -0.3 is 11.1 Å². The molecule has 0 spiro atoms. The lowest BCUT2D eigenvalue weighted by molar-refractivity contribution is 0.317. The molecule has 102 valence electrons. The normalized spacial score (nSPS) is 18.2. The Bertz CT molecular complexity index is 409. The third-order valence-electron chi connectivity index (χ3n) is 3.30. The molecule has 1 heterocycles. The lowest BCUT2D eigenvalue weighted by Gasteiger charge is -2.29. The lowest BCUT2D eigenvalue weighted by Crippen LogP contribution is -2.34. The maximum Gasteiger partial charge on any atom is 0.148 e. The van der Waals surface area contributed by atoms with Crippen LogP contribution in [-0.4, -0.2) is 13.1 Å². The highest BCUT2D eigenvalue weighted by Gasteiger charge is 2.26. The van der Waals surface area contributed by atoms with Crippen molar-refractivity contribution in [3.63, 3.8) is 0 Å². The second-order valence-corrected chi connectivity index (χ2v) is 5.18. The van der Waals surface area contributed by atoms with E-state index in [0.29, 0.717) is 10.6 Å². The zero-order valence-electron chi connectivity index (χ0n) is 9.76. The minimum absolute atomic E-state index is 0. The summed E-state index contributed by atoms with van der Waals surface area (Å²) in [6.45, 7) is 1.83. The van der Waals surface area contributed by atoms with Gasteiger partial charge in [-0.2, -0.15) is 0 Å². The van der Waals surface area contributed by atoms with E-state index in [2.05, 4.69) is 5.32 Å². The van der Waals surface area contributed by atoms with Crippen LogP contribution in [0.1, 0.15) is 24.4 Å². The van der Waals surface area contributed by atoms with E-state index in [0.717, 1.165) is 25.9 Å². The molecule has 0 radical (unpaired) electrons. The van der Waals surface area contributed by atoms with Crippen LogP contribution in [-0.2, 0) is 0 Å². The third kappa shape index (κ3) is 3.28. The molecule has 0 aliphatic carbocycles. The average Bonchev–Trinajstić information content (AvgIpc) is 2.35. The van der Waals surface area contributed by atoms with Gasteiger partial charge in [0.05, 0.1) is 5.02 Å². The molecule has 2 rings (SSSR count). The molecule has 0 aromatic heterocycles. The predicted octanol–water partition coefficient (Wildman–Crippen LogP) is 3.55. The van der Waals surface area contributed by atoms with Gasteiger partial charge in [-0.25, -0.2) is 4.39 Å². The zero-order valence-corrected chi connectivity index (χ0v) is 12.1. The van der Waals surface area contributed by atoms with E-state index in [4.69, 9.17) is 28.9 Å². The molecule has 0 amide bonds. The molecule has 0 unspecified atom stereocenters. The van der Waals surface area contributed by atoms with Crippen molar-refractivity contribution in [1.29, 1.82) is 0 Å². The first kappa shape index (κ1) is 16.0. The van der Waals surface area contributed by atoms with Crippen molar-refractivity contribution >= 4 is 35.6 Å². The lowest BCUT2D eigenvalue weighted by atomic mass is 9.86. The SMILES string of the molecule is Cl.N[C@@H](c1c(Cl)ccc(Cl)c1F)C1CCNCC1. The molecule has 0 bridgehead atoms. The Morgan fingerprint density at radius 2 is 1.78 bits per heavy atom. The van der Waals surface area contributed by atoms with Crippen molar-refractivity contribution in [1.82, 2.24) is 5.32 Å². The van der Waals surface area contributed by atoms with Gasteiger partial charge >= 0.3 is 0 Å². The van der Waals surface area contributed by atoms with E-state index in [1.807, 2.05) is 0 Å². The maximum absolute atomic E-state index is 14.0. The predicted molar refractivity (Wildman–Crippen MR) is 76.2 cm³/mol. The van der Waals surface area contributed by atoms with Crippen LogP contribution in [0.15, 0.2) is 12.1 Å². The fourth-order valence-electron chi connectivity index (χ4n) is 2.29. The largest absolute Gasteiger partial charge is 0.324 e. The minimum Gasteiger partial charge on any atom is -0.324 e. The molecule has 1 aliphatic heterocycles. The second-order valence-electron chi connectivity index (χ2n) is 4.37. The molecule has 1 aromatic carbocycles. The molecular formula is C12H16Cl3FN2. The smallest absolute Gasteiger partial charge is 0.148 e. The van der Waals surface area contributed by atoms with Crippen LogP contribution in [0, 0.1) is 11.7 Å². The molecule has 6 heteroatoms. The number of hydrogen-bond acceptors (Lipinski definition) is 2. The zero-order chi connectivity index (χ0) is 12.4.